The highest BCUT2D eigenvalue weighted by Gasteiger charge is 2.17. The van der Waals surface area contributed by atoms with E-state index in [0.717, 1.165) is 12.5 Å². The van der Waals surface area contributed by atoms with Crippen molar-refractivity contribution in [1.82, 2.24) is 4.90 Å². The van der Waals surface area contributed by atoms with Gasteiger partial charge in [0, 0.05) is 6.54 Å². The second kappa shape index (κ2) is 6.23. The van der Waals surface area contributed by atoms with Gasteiger partial charge in [0.2, 0.25) is 0 Å². The molecule has 106 valence electrons. The third-order valence-corrected chi connectivity index (χ3v) is 6.40. The molecule has 0 bridgehead atoms. The van der Waals surface area contributed by atoms with E-state index in [1.165, 1.54) is 37.9 Å². The quantitative estimate of drug-likeness (QED) is 0.757. The Morgan fingerprint density at radius 2 is 1.74 bits per heavy atom. The van der Waals surface area contributed by atoms with E-state index in [1.807, 2.05) is 0 Å². The number of hydrogen-bond acceptors (Lipinski definition) is 1. The topological polar surface area (TPSA) is 3.24 Å². The van der Waals surface area contributed by atoms with Gasteiger partial charge in [-0.25, -0.2) is 0 Å². The van der Waals surface area contributed by atoms with E-state index in [2.05, 4.69) is 55.7 Å². The van der Waals surface area contributed by atoms with Gasteiger partial charge >= 0.3 is 0 Å². The molecule has 1 aromatic carbocycles. The first kappa shape index (κ1) is 14.8. The molecule has 0 aromatic heterocycles. The summed E-state index contributed by atoms with van der Waals surface area (Å²) in [4.78, 5) is 2.63. The predicted molar refractivity (Wildman–Crippen MR) is 87.7 cm³/mol. The Labute approximate surface area is 120 Å². The lowest BCUT2D eigenvalue weighted by molar-refractivity contribution is 0.273. The summed E-state index contributed by atoms with van der Waals surface area (Å²) < 4.78 is 0. The van der Waals surface area contributed by atoms with E-state index in [4.69, 9.17) is 0 Å². The van der Waals surface area contributed by atoms with Crippen LogP contribution in [0.5, 0.6) is 0 Å². The molecule has 1 unspecified atom stereocenters. The first-order valence-electron chi connectivity index (χ1n) is 7.77. The van der Waals surface area contributed by atoms with E-state index in [-0.39, 0.29) is 0 Å². The van der Waals surface area contributed by atoms with Gasteiger partial charge in [-0.1, -0.05) is 56.0 Å². The number of hydrogen-bond donors (Lipinski definition) is 0. The first-order valence-corrected chi connectivity index (χ1v) is 11.3. The Bertz CT molecular complexity index is 391. The standard InChI is InChI=1S/C17H29NSi/c1-15-6-5-12-18(13-11-15)14-16-7-9-17(10-8-16)19(2,3)4/h7-10,15H,5-6,11-14H2,1-4H3. The molecule has 0 spiro atoms. The highest BCUT2D eigenvalue weighted by molar-refractivity contribution is 6.88. The molecule has 0 saturated carbocycles. The summed E-state index contributed by atoms with van der Waals surface area (Å²) in [5.41, 5.74) is 1.48. The summed E-state index contributed by atoms with van der Waals surface area (Å²) in [6.07, 6.45) is 4.15. The summed E-state index contributed by atoms with van der Waals surface area (Å²) >= 11 is 0. The fourth-order valence-corrected chi connectivity index (χ4v) is 4.02. The van der Waals surface area contributed by atoms with Crippen LogP contribution in [0.25, 0.3) is 0 Å². The van der Waals surface area contributed by atoms with Crippen LogP contribution >= 0.6 is 0 Å². The molecule has 1 atom stereocenters. The fraction of sp³-hybridized carbons (Fsp3) is 0.647. The van der Waals surface area contributed by atoms with Gasteiger partial charge in [-0.3, -0.25) is 4.90 Å². The highest BCUT2D eigenvalue weighted by Crippen LogP contribution is 2.18. The first-order chi connectivity index (χ1) is 8.95. The van der Waals surface area contributed by atoms with Crippen LogP contribution in [-0.2, 0) is 6.54 Å². The van der Waals surface area contributed by atoms with Crippen molar-refractivity contribution in [1.29, 1.82) is 0 Å². The summed E-state index contributed by atoms with van der Waals surface area (Å²) in [7, 11) is -1.14. The van der Waals surface area contributed by atoms with Gasteiger partial charge in [-0.05, 0) is 43.8 Å². The molecule has 1 aromatic rings. The molecule has 0 aliphatic carbocycles. The zero-order valence-electron chi connectivity index (χ0n) is 13.1. The van der Waals surface area contributed by atoms with E-state index >= 15 is 0 Å². The molecule has 2 heteroatoms. The summed E-state index contributed by atoms with van der Waals surface area (Å²) in [6.45, 7) is 13.3. The largest absolute Gasteiger partial charge is 0.299 e. The molecule has 1 heterocycles. The van der Waals surface area contributed by atoms with Crippen LogP contribution in [0.1, 0.15) is 31.7 Å². The number of nitrogens with zero attached hydrogens (tertiary/aromatic N) is 1. The lowest BCUT2D eigenvalue weighted by Gasteiger charge is -2.21. The highest BCUT2D eigenvalue weighted by atomic mass is 28.3. The minimum Gasteiger partial charge on any atom is -0.299 e. The predicted octanol–water partition coefficient (Wildman–Crippen LogP) is 3.85. The van der Waals surface area contributed by atoms with Crippen LogP contribution in [-0.4, -0.2) is 26.1 Å². The van der Waals surface area contributed by atoms with Crippen LogP contribution in [0, 0.1) is 5.92 Å². The molecule has 1 fully saturated rings. The monoisotopic (exact) mass is 275 g/mol. The lowest BCUT2D eigenvalue weighted by atomic mass is 10.0. The Morgan fingerprint density at radius 3 is 2.37 bits per heavy atom. The van der Waals surface area contributed by atoms with Crippen LogP contribution in [0.15, 0.2) is 24.3 Å². The second-order valence-corrected chi connectivity index (χ2v) is 12.3. The van der Waals surface area contributed by atoms with Crippen molar-refractivity contribution in [3.8, 4) is 0 Å². The van der Waals surface area contributed by atoms with Crippen molar-refractivity contribution in [2.24, 2.45) is 5.92 Å². The summed E-state index contributed by atoms with van der Waals surface area (Å²) in [5.74, 6) is 0.916. The maximum absolute atomic E-state index is 2.63. The molecule has 0 radical (unpaired) electrons. The average Bonchev–Trinajstić information content (AvgIpc) is 2.54. The van der Waals surface area contributed by atoms with Crippen LogP contribution < -0.4 is 5.19 Å². The number of benzene rings is 1. The van der Waals surface area contributed by atoms with Crippen molar-refractivity contribution in [2.75, 3.05) is 13.1 Å². The normalized spacial score (nSPS) is 22.2. The van der Waals surface area contributed by atoms with Crippen LogP contribution in [0.2, 0.25) is 19.6 Å². The van der Waals surface area contributed by atoms with Gasteiger partial charge in [0.15, 0.2) is 0 Å². The Balaban J connectivity index is 1.96. The number of likely N-dealkylation sites (tertiary alicyclic amines) is 1. The third kappa shape index (κ3) is 4.46. The van der Waals surface area contributed by atoms with Gasteiger partial charge in [-0.2, -0.15) is 0 Å². The van der Waals surface area contributed by atoms with Gasteiger partial charge in [0.1, 0.15) is 0 Å². The van der Waals surface area contributed by atoms with Crippen molar-refractivity contribution in [3.05, 3.63) is 29.8 Å². The molecule has 0 N–H and O–H groups in total. The van der Waals surface area contributed by atoms with Crippen molar-refractivity contribution in [3.63, 3.8) is 0 Å². The molecule has 1 saturated heterocycles. The fourth-order valence-electron chi connectivity index (χ4n) is 2.85. The maximum Gasteiger partial charge on any atom is 0.0775 e. The minimum atomic E-state index is -1.14. The Morgan fingerprint density at radius 1 is 1.05 bits per heavy atom. The SMILES string of the molecule is CC1CCCN(Cc2ccc([Si](C)(C)C)cc2)CC1. The van der Waals surface area contributed by atoms with Crippen LogP contribution in [0.4, 0.5) is 0 Å². The minimum absolute atomic E-state index is 0.916. The molecular weight excluding hydrogens is 246 g/mol. The van der Waals surface area contributed by atoms with Crippen molar-refractivity contribution in [2.45, 2.75) is 52.4 Å². The summed E-state index contributed by atoms with van der Waals surface area (Å²) in [5, 5.41) is 1.57. The molecule has 0 amide bonds. The molecule has 1 nitrogen and oxygen atoms in total. The average molecular weight is 276 g/mol. The van der Waals surface area contributed by atoms with E-state index in [1.54, 1.807) is 5.19 Å². The zero-order chi connectivity index (χ0) is 13.9. The molecule has 1 aliphatic heterocycles. The van der Waals surface area contributed by atoms with Gasteiger partial charge in [-0.15, -0.1) is 0 Å². The van der Waals surface area contributed by atoms with Crippen molar-refractivity contribution >= 4 is 13.3 Å². The smallest absolute Gasteiger partial charge is 0.0775 e. The lowest BCUT2D eigenvalue weighted by Crippen LogP contribution is -2.37. The van der Waals surface area contributed by atoms with Crippen LogP contribution in [0.3, 0.4) is 0 Å². The second-order valence-electron chi connectivity index (χ2n) is 7.26. The Kier molecular flexibility index (Phi) is 4.85. The van der Waals surface area contributed by atoms with E-state index in [9.17, 15) is 0 Å². The van der Waals surface area contributed by atoms with Gasteiger partial charge in [0.25, 0.3) is 0 Å². The van der Waals surface area contributed by atoms with E-state index < -0.39 is 8.07 Å². The molecule has 2 rings (SSSR count). The molecular formula is C17H29NSi. The van der Waals surface area contributed by atoms with E-state index in [0.29, 0.717) is 0 Å². The maximum atomic E-state index is 2.63. The van der Waals surface area contributed by atoms with Gasteiger partial charge in [0.05, 0.1) is 8.07 Å². The third-order valence-electron chi connectivity index (χ3n) is 4.34. The molecule has 1 aliphatic rings. The Hall–Kier alpha value is -0.603. The number of rotatable bonds is 3. The molecule has 19 heavy (non-hydrogen) atoms. The van der Waals surface area contributed by atoms with Crippen molar-refractivity contribution < 1.29 is 0 Å². The summed E-state index contributed by atoms with van der Waals surface area (Å²) in [6, 6.07) is 9.42. The van der Waals surface area contributed by atoms with Gasteiger partial charge < -0.3 is 0 Å². The zero-order valence-corrected chi connectivity index (χ0v) is 14.1.